The third-order valence-corrected chi connectivity index (χ3v) is 8.74. The van der Waals surface area contributed by atoms with E-state index in [0.717, 1.165) is 38.8 Å². The lowest BCUT2D eigenvalue weighted by atomic mass is 9.93. The lowest BCUT2D eigenvalue weighted by Crippen LogP contribution is -2.49. The molecule has 1 amide bonds. The van der Waals surface area contributed by atoms with Crippen molar-refractivity contribution in [2.75, 3.05) is 30.3 Å². The van der Waals surface area contributed by atoms with Crippen molar-refractivity contribution in [1.82, 2.24) is 20.0 Å². The predicted octanol–water partition coefficient (Wildman–Crippen LogP) is 2.11. The maximum atomic E-state index is 13.1. The molecule has 4 rings (SSSR count). The monoisotopic (exact) mass is 442 g/mol. The van der Waals surface area contributed by atoms with E-state index >= 15 is 0 Å². The zero-order chi connectivity index (χ0) is 20.3. The SMILES string of the molecule is O=C(CSc1nnc(CN2CCCC2)o1)N(C1CCCCC1)[C@@H]1CCS(=O)(=O)C1. The lowest BCUT2D eigenvalue weighted by molar-refractivity contribution is -0.133. The Bertz CT molecular complexity index is 801. The quantitative estimate of drug-likeness (QED) is 0.593. The van der Waals surface area contributed by atoms with E-state index in [2.05, 4.69) is 15.1 Å². The van der Waals surface area contributed by atoms with Crippen LogP contribution in [0.1, 0.15) is 57.3 Å². The van der Waals surface area contributed by atoms with E-state index in [-0.39, 0.29) is 35.2 Å². The number of rotatable bonds is 7. The van der Waals surface area contributed by atoms with E-state index in [1.165, 1.54) is 31.0 Å². The van der Waals surface area contributed by atoms with Gasteiger partial charge in [0.25, 0.3) is 5.22 Å². The number of amides is 1. The Morgan fingerprint density at radius 1 is 1.07 bits per heavy atom. The van der Waals surface area contributed by atoms with Crippen LogP contribution in [0.3, 0.4) is 0 Å². The van der Waals surface area contributed by atoms with Gasteiger partial charge in [-0.25, -0.2) is 8.42 Å². The van der Waals surface area contributed by atoms with Gasteiger partial charge in [0.2, 0.25) is 11.8 Å². The summed E-state index contributed by atoms with van der Waals surface area (Å²) in [6.07, 6.45) is 8.29. The highest BCUT2D eigenvalue weighted by molar-refractivity contribution is 7.99. The van der Waals surface area contributed by atoms with Crippen molar-refractivity contribution in [3.05, 3.63) is 5.89 Å². The minimum atomic E-state index is -3.03. The molecular formula is C19H30N4O4S2. The molecule has 29 heavy (non-hydrogen) atoms. The first-order valence-corrected chi connectivity index (χ1v) is 13.5. The van der Waals surface area contributed by atoms with Crippen molar-refractivity contribution in [2.24, 2.45) is 0 Å². The number of nitrogens with zero attached hydrogens (tertiary/aromatic N) is 4. The Morgan fingerprint density at radius 3 is 2.52 bits per heavy atom. The van der Waals surface area contributed by atoms with Crippen LogP contribution >= 0.6 is 11.8 Å². The molecule has 3 aliphatic rings. The molecule has 10 heteroatoms. The van der Waals surface area contributed by atoms with Crippen LogP contribution in [-0.2, 0) is 21.2 Å². The van der Waals surface area contributed by atoms with Crippen LogP contribution in [0.2, 0.25) is 0 Å². The van der Waals surface area contributed by atoms with Gasteiger partial charge in [0, 0.05) is 12.1 Å². The second-order valence-corrected chi connectivity index (χ2v) is 11.5. The standard InChI is InChI=1S/C19H30N4O4S2/c24-18(13-28-19-21-20-17(27-19)12-22-9-4-5-10-22)23(15-6-2-1-3-7-15)16-8-11-29(25,26)14-16/h15-16H,1-14H2/t16-/m1/s1. The van der Waals surface area contributed by atoms with Gasteiger partial charge in [-0.05, 0) is 45.2 Å². The molecule has 0 radical (unpaired) electrons. The molecule has 2 saturated heterocycles. The van der Waals surface area contributed by atoms with Crippen LogP contribution in [0.15, 0.2) is 9.64 Å². The Labute approximate surface area is 176 Å². The molecule has 1 atom stereocenters. The minimum Gasteiger partial charge on any atom is -0.415 e. The molecule has 2 aliphatic heterocycles. The van der Waals surface area contributed by atoms with Crippen LogP contribution in [0.5, 0.6) is 0 Å². The number of aromatic nitrogens is 2. The van der Waals surface area contributed by atoms with Crippen molar-refractivity contribution >= 4 is 27.5 Å². The first-order chi connectivity index (χ1) is 14.0. The van der Waals surface area contributed by atoms with Crippen molar-refractivity contribution < 1.29 is 17.6 Å². The topological polar surface area (TPSA) is 96.6 Å². The van der Waals surface area contributed by atoms with Gasteiger partial charge in [-0.2, -0.15) is 0 Å². The van der Waals surface area contributed by atoms with Gasteiger partial charge in [0.05, 0.1) is 23.8 Å². The zero-order valence-corrected chi connectivity index (χ0v) is 18.4. The number of carbonyl (C=O) groups is 1. The molecule has 0 unspecified atom stereocenters. The van der Waals surface area contributed by atoms with Crippen LogP contribution < -0.4 is 0 Å². The van der Waals surface area contributed by atoms with Gasteiger partial charge in [-0.15, -0.1) is 10.2 Å². The van der Waals surface area contributed by atoms with E-state index < -0.39 is 9.84 Å². The number of hydrogen-bond donors (Lipinski definition) is 0. The summed E-state index contributed by atoms with van der Waals surface area (Å²) in [4.78, 5) is 17.3. The fourth-order valence-corrected chi connectivity index (χ4v) is 7.11. The van der Waals surface area contributed by atoms with Crippen molar-refractivity contribution in [1.29, 1.82) is 0 Å². The Balaban J connectivity index is 1.36. The third kappa shape index (κ3) is 5.52. The molecule has 0 bridgehead atoms. The highest BCUT2D eigenvalue weighted by Crippen LogP contribution is 2.29. The Morgan fingerprint density at radius 2 is 1.83 bits per heavy atom. The second kappa shape index (κ2) is 9.34. The summed E-state index contributed by atoms with van der Waals surface area (Å²) < 4.78 is 29.7. The average Bonchev–Trinajstić information content (AvgIpc) is 3.44. The van der Waals surface area contributed by atoms with E-state index in [1.807, 2.05) is 4.90 Å². The minimum absolute atomic E-state index is 0.0108. The summed E-state index contributed by atoms with van der Waals surface area (Å²) in [5.74, 6) is 1.07. The number of thioether (sulfide) groups is 1. The van der Waals surface area contributed by atoms with Crippen molar-refractivity contribution in [3.8, 4) is 0 Å². The molecule has 162 valence electrons. The van der Waals surface area contributed by atoms with Gasteiger partial charge >= 0.3 is 0 Å². The number of sulfone groups is 1. The number of likely N-dealkylation sites (tertiary alicyclic amines) is 1. The van der Waals surface area contributed by atoms with Gasteiger partial charge in [0.15, 0.2) is 9.84 Å². The lowest BCUT2D eigenvalue weighted by Gasteiger charge is -2.38. The van der Waals surface area contributed by atoms with E-state index in [1.54, 1.807) is 0 Å². The van der Waals surface area contributed by atoms with Gasteiger partial charge in [0.1, 0.15) is 0 Å². The molecule has 1 aliphatic carbocycles. The van der Waals surface area contributed by atoms with Crippen molar-refractivity contribution in [2.45, 2.75) is 75.2 Å². The molecule has 1 aromatic heterocycles. The fraction of sp³-hybridized carbons (Fsp3) is 0.842. The maximum absolute atomic E-state index is 13.1. The van der Waals surface area contributed by atoms with Gasteiger partial charge in [-0.1, -0.05) is 31.0 Å². The number of carbonyl (C=O) groups excluding carboxylic acids is 1. The van der Waals surface area contributed by atoms with E-state index in [4.69, 9.17) is 4.42 Å². The second-order valence-electron chi connectivity index (χ2n) is 8.38. The smallest absolute Gasteiger partial charge is 0.277 e. The first kappa shape index (κ1) is 21.1. The molecule has 3 heterocycles. The normalized spacial score (nSPS) is 25.4. The largest absolute Gasteiger partial charge is 0.415 e. The Kier molecular flexibility index (Phi) is 6.80. The van der Waals surface area contributed by atoms with E-state index in [0.29, 0.717) is 24.1 Å². The first-order valence-electron chi connectivity index (χ1n) is 10.7. The highest BCUT2D eigenvalue weighted by Gasteiger charge is 2.38. The third-order valence-electron chi connectivity index (χ3n) is 6.18. The molecule has 0 spiro atoms. The van der Waals surface area contributed by atoms with Gasteiger partial charge < -0.3 is 9.32 Å². The molecule has 1 saturated carbocycles. The molecular weight excluding hydrogens is 412 g/mol. The van der Waals surface area contributed by atoms with E-state index in [9.17, 15) is 13.2 Å². The van der Waals surface area contributed by atoms with Crippen LogP contribution in [0.25, 0.3) is 0 Å². The zero-order valence-electron chi connectivity index (χ0n) is 16.8. The predicted molar refractivity (Wildman–Crippen MR) is 110 cm³/mol. The molecule has 0 aromatic carbocycles. The van der Waals surface area contributed by atoms with Crippen LogP contribution in [0, 0.1) is 0 Å². The molecule has 3 fully saturated rings. The average molecular weight is 443 g/mol. The summed E-state index contributed by atoms with van der Waals surface area (Å²) >= 11 is 1.26. The highest BCUT2D eigenvalue weighted by atomic mass is 32.2. The van der Waals surface area contributed by atoms with Crippen LogP contribution in [-0.4, -0.2) is 76.8 Å². The number of hydrogen-bond acceptors (Lipinski definition) is 8. The maximum Gasteiger partial charge on any atom is 0.277 e. The summed E-state index contributed by atoms with van der Waals surface area (Å²) in [5, 5.41) is 8.59. The summed E-state index contributed by atoms with van der Waals surface area (Å²) in [6, 6.07) is -0.0341. The summed E-state index contributed by atoms with van der Waals surface area (Å²) in [5.41, 5.74) is 0. The summed E-state index contributed by atoms with van der Waals surface area (Å²) in [6.45, 7) is 2.78. The van der Waals surface area contributed by atoms with Crippen LogP contribution in [0.4, 0.5) is 0 Å². The Hall–Kier alpha value is -1.13. The molecule has 1 aromatic rings. The fourth-order valence-electron chi connectivity index (χ4n) is 4.75. The van der Waals surface area contributed by atoms with Gasteiger partial charge in [-0.3, -0.25) is 9.69 Å². The molecule has 0 N–H and O–H groups in total. The van der Waals surface area contributed by atoms with Crippen molar-refractivity contribution in [3.63, 3.8) is 0 Å². The molecule has 8 nitrogen and oxygen atoms in total. The summed E-state index contributed by atoms with van der Waals surface area (Å²) in [7, 11) is -3.03.